The molecule has 22 heavy (non-hydrogen) atoms. The van der Waals surface area contributed by atoms with E-state index in [1.807, 2.05) is 6.92 Å². The van der Waals surface area contributed by atoms with E-state index in [2.05, 4.69) is 46.8 Å². The van der Waals surface area contributed by atoms with Crippen molar-refractivity contribution in [3.8, 4) is 0 Å². The molecule has 2 N–H and O–H groups in total. The van der Waals surface area contributed by atoms with Crippen LogP contribution in [0.3, 0.4) is 0 Å². The first-order chi connectivity index (χ1) is 10.4. The van der Waals surface area contributed by atoms with E-state index in [9.17, 15) is 13.2 Å². The van der Waals surface area contributed by atoms with Gasteiger partial charge in [-0.25, -0.2) is 0 Å². The largest absolute Gasteiger partial charge is 0.390 e. The first kappa shape index (κ1) is 18.3. The Labute approximate surface area is 130 Å². The molecule has 0 saturated carbocycles. The van der Waals surface area contributed by atoms with Gasteiger partial charge in [0.25, 0.3) is 0 Å². The van der Waals surface area contributed by atoms with E-state index in [1.165, 1.54) is 11.1 Å². The Balaban J connectivity index is 2.41. The van der Waals surface area contributed by atoms with Gasteiger partial charge in [0.1, 0.15) is 0 Å². The third-order valence-corrected chi connectivity index (χ3v) is 3.15. The van der Waals surface area contributed by atoms with Crippen molar-refractivity contribution in [1.82, 2.24) is 10.6 Å². The molecule has 1 aromatic carbocycles. The fourth-order valence-corrected chi connectivity index (χ4v) is 1.90. The maximum Gasteiger partial charge on any atom is 0.390 e. The monoisotopic (exact) mass is 315 g/mol. The van der Waals surface area contributed by atoms with Crippen molar-refractivity contribution in [2.75, 3.05) is 19.6 Å². The molecule has 1 rings (SSSR count). The summed E-state index contributed by atoms with van der Waals surface area (Å²) in [5.41, 5.74) is 2.48. The Hall–Kier alpha value is -1.72. The molecule has 0 aliphatic heterocycles. The second kappa shape index (κ2) is 9.33. The molecule has 0 spiro atoms. The van der Waals surface area contributed by atoms with Gasteiger partial charge < -0.3 is 10.6 Å². The number of nitrogens with zero attached hydrogens (tertiary/aromatic N) is 1. The number of nitrogens with one attached hydrogen (secondary N) is 2. The van der Waals surface area contributed by atoms with E-state index in [1.54, 1.807) is 0 Å². The van der Waals surface area contributed by atoms with E-state index in [-0.39, 0.29) is 6.54 Å². The molecule has 0 atom stereocenters. The maximum atomic E-state index is 12.1. The number of halogens is 3. The van der Waals surface area contributed by atoms with Crippen molar-refractivity contribution in [2.45, 2.75) is 39.3 Å². The van der Waals surface area contributed by atoms with E-state index in [4.69, 9.17) is 0 Å². The second-order valence-electron chi connectivity index (χ2n) is 4.97. The molecule has 0 bridgehead atoms. The Kier molecular flexibility index (Phi) is 7.77. The van der Waals surface area contributed by atoms with Crippen LogP contribution in [0.1, 0.15) is 31.4 Å². The third kappa shape index (κ3) is 7.90. The van der Waals surface area contributed by atoms with Gasteiger partial charge in [0.15, 0.2) is 5.96 Å². The van der Waals surface area contributed by atoms with Gasteiger partial charge in [-0.15, -0.1) is 0 Å². The minimum atomic E-state index is -4.16. The highest BCUT2D eigenvalue weighted by molar-refractivity contribution is 5.79. The molecule has 1 aromatic rings. The maximum absolute atomic E-state index is 12.1. The van der Waals surface area contributed by atoms with Crippen molar-refractivity contribution in [3.63, 3.8) is 0 Å². The van der Waals surface area contributed by atoms with Crippen LogP contribution in [-0.4, -0.2) is 31.8 Å². The quantitative estimate of drug-likeness (QED) is 0.598. The van der Waals surface area contributed by atoms with E-state index < -0.39 is 12.6 Å². The molecule has 124 valence electrons. The SMILES string of the molecule is CCNC(=NCCC(F)(F)F)NCCc1ccc(CC)cc1. The molecule has 0 saturated heterocycles. The lowest BCUT2D eigenvalue weighted by Gasteiger charge is -2.12. The third-order valence-electron chi connectivity index (χ3n) is 3.15. The highest BCUT2D eigenvalue weighted by Gasteiger charge is 2.26. The van der Waals surface area contributed by atoms with Crippen molar-refractivity contribution in [2.24, 2.45) is 4.99 Å². The lowest BCUT2D eigenvalue weighted by Crippen LogP contribution is -2.38. The van der Waals surface area contributed by atoms with E-state index in [0.29, 0.717) is 19.0 Å². The highest BCUT2D eigenvalue weighted by Crippen LogP contribution is 2.18. The van der Waals surface area contributed by atoms with Crippen LogP contribution in [0.15, 0.2) is 29.3 Å². The molecule has 0 heterocycles. The average molecular weight is 315 g/mol. The Morgan fingerprint density at radius 2 is 1.68 bits per heavy atom. The number of aryl methyl sites for hydroxylation is 1. The van der Waals surface area contributed by atoms with Gasteiger partial charge in [0.05, 0.1) is 13.0 Å². The summed E-state index contributed by atoms with van der Waals surface area (Å²) in [7, 11) is 0. The van der Waals surface area contributed by atoms with Crippen LogP contribution in [0.4, 0.5) is 13.2 Å². The van der Waals surface area contributed by atoms with Crippen LogP contribution < -0.4 is 10.6 Å². The number of aliphatic imine (C=N–C) groups is 1. The Bertz CT molecular complexity index is 453. The zero-order chi connectivity index (χ0) is 16.4. The highest BCUT2D eigenvalue weighted by atomic mass is 19.4. The summed E-state index contributed by atoms with van der Waals surface area (Å²) in [6, 6.07) is 8.35. The van der Waals surface area contributed by atoms with Crippen LogP contribution in [-0.2, 0) is 12.8 Å². The normalized spacial score (nSPS) is 12.3. The molecule has 0 aliphatic carbocycles. The van der Waals surface area contributed by atoms with E-state index >= 15 is 0 Å². The van der Waals surface area contributed by atoms with Gasteiger partial charge in [-0.3, -0.25) is 4.99 Å². The van der Waals surface area contributed by atoms with Gasteiger partial charge in [-0.05, 0) is 30.9 Å². The summed E-state index contributed by atoms with van der Waals surface area (Å²) in [5.74, 6) is 0.428. The van der Waals surface area contributed by atoms with Crippen molar-refractivity contribution in [3.05, 3.63) is 35.4 Å². The molecular formula is C16H24F3N3. The average Bonchev–Trinajstić information content (AvgIpc) is 2.46. The zero-order valence-corrected chi connectivity index (χ0v) is 13.1. The number of hydrogen-bond acceptors (Lipinski definition) is 1. The van der Waals surface area contributed by atoms with Crippen molar-refractivity contribution >= 4 is 5.96 Å². The molecule has 0 aromatic heterocycles. The molecule has 3 nitrogen and oxygen atoms in total. The summed E-state index contributed by atoms with van der Waals surface area (Å²) in [6.07, 6.45) is -3.26. The standard InChI is InChI=1S/C16H24F3N3/c1-3-13-5-7-14(8-6-13)9-11-21-15(20-4-2)22-12-10-16(17,18)19/h5-8H,3-4,9-12H2,1-2H3,(H2,20,21,22). The summed E-state index contributed by atoms with van der Waals surface area (Å²) in [6.45, 7) is 4.97. The number of hydrogen-bond donors (Lipinski definition) is 2. The number of rotatable bonds is 7. The Morgan fingerprint density at radius 3 is 2.23 bits per heavy atom. The predicted molar refractivity (Wildman–Crippen MR) is 84.2 cm³/mol. The molecule has 0 fully saturated rings. The minimum absolute atomic E-state index is 0.260. The Morgan fingerprint density at radius 1 is 1.05 bits per heavy atom. The van der Waals surface area contributed by atoms with Crippen molar-refractivity contribution in [1.29, 1.82) is 0 Å². The van der Waals surface area contributed by atoms with E-state index in [0.717, 1.165) is 12.8 Å². The van der Waals surface area contributed by atoms with Crippen LogP contribution in [0.25, 0.3) is 0 Å². The molecule has 0 radical (unpaired) electrons. The molecule has 6 heteroatoms. The summed E-state index contributed by atoms with van der Waals surface area (Å²) < 4.78 is 36.4. The molecule has 0 aliphatic rings. The first-order valence-electron chi connectivity index (χ1n) is 7.61. The number of benzene rings is 1. The zero-order valence-electron chi connectivity index (χ0n) is 13.1. The van der Waals surface area contributed by atoms with Gasteiger partial charge in [0, 0.05) is 13.1 Å². The van der Waals surface area contributed by atoms with Gasteiger partial charge in [0.2, 0.25) is 0 Å². The lowest BCUT2D eigenvalue weighted by molar-refractivity contribution is -0.132. The van der Waals surface area contributed by atoms with Crippen LogP contribution in [0, 0.1) is 0 Å². The van der Waals surface area contributed by atoms with Gasteiger partial charge in [-0.2, -0.15) is 13.2 Å². The summed E-state index contributed by atoms with van der Waals surface area (Å²) in [4.78, 5) is 3.93. The fraction of sp³-hybridized carbons (Fsp3) is 0.562. The molecule has 0 amide bonds. The second-order valence-corrected chi connectivity index (χ2v) is 4.97. The minimum Gasteiger partial charge on any atom is -0.357 e. The van der Waals surface area contributed by atoms with Gasteiger partial charge >= 0.3 is 6.18 Å². The van der Waals surface area contributed by atoms with Crippen LogP contribution in [0.5, 0.6) is 0 Å². The van der Waals surface area contributed by atoms with Crippen LogP contribution >= 0.6 is 0 Å². The van der Waals surface area contributed by atoms with Crippen molar-refractivity contribution < 1.29 is 13.2 Å². The lowest BCUT2D eigenvalue weighted by atomic mass is 10.1. The predicted octanol–water partition coefficient (Wildman–Crippen LogP) is 3.30. The first-order valence-corrected chi connectivity index (χ1v) is 7.61. The van der Waals surface area contributed by atoms with Crippen LogP contribution in [0.2, 0.25) is 0 Å². The summed E-state index contributed by atoms with van der Waals surface area (Å²) in [5, 5.41) is 6.00. The topological polar surface area (TPSA) is 36.4 Å². The fourth-order valence-electron chi connectivity index (χ4n) is 1.90. The smallest absolute Gasteiger partial charge is 0.357 e. The van der Waals surface area contributed by atoms with Gasteiger partial charge in [-0.1, -0.05) is 31.2 Å². The number of alkyl halides is 3. The molecular weight excluding hydrogens is 291 g/mol. The number of guanidine groups is 1. The molecule has 0 unspecified atom stereocenters. The summed E-state index contributed by atoms with van der Waals surface area (Å²) >= 11 is 0.